The Kier molecular flexibility index (Phi) is 5.61. The van der Waals surface area contributed by atoms with Crippen LogP contribution in [0.4, 0.5) is 0 Å². The molecule has 0 aliphatic heterocycles. The zero-order valence-corrected chi connectivity index (χ0v) is 14.8. The van der Waals surface area contributed by atoms with Crippen LogP contribution in [0.5, 0.6) is 0 Å². The van der Waals surface area contributed by atoms with Crippen molar-refractivity contribution in [1.29, 1.82) is 5.26 Å². The Hall–Kier alpha value is -3.18. The van der Waals surface area contributed by atoms with E-state index in [4.69, 9.17) is 4.74 Å². The van der Waals surface area contributed by atoms with Gasteiger partial charge in [-0.15, -0.1) is 0 Å². The van der Waals surface area contributed by atoms with Gasteiger partial charge < -0.3 is 4.74 Å². The highest BCUT2D eigenvalue weighted by Gasteiger charge is 2.29. The van der Waals surface area contributed by atoms with Gasteiger partial charge in [0.05, 0.1) is 17.8 Å². The summed E-state index contributed by atoms with van der Waals surface area (Å²) in [6.45, 7) is 1.91. The van der Waals surface area contributed by atoms with Crippen molar-refractivity contribution in [1.82, 2.24) is 15.0 Å². The number of thioether (sulfide) groups is 1. The maximum atomic E-state index is 11.9. The van der Waals surface area contributed by atoms with Gasteiger partial charge in [-0.25, -0.2) is 4.79 Å². The zero-order valence-electron chi connectivity index (χ0n) is 14.0. The number of rotatable bonds is 6. The molecule has 8 heteroatoms. The van der Waals surface area contributed by atoms with Gasteiger partial charge in [-0.2, -0.15) is 5.26 Å². The minimum atomic E-state index is -1.02. The molecule has 2 aromatic carbocycles. The molecule has 0 fully saturated rings. The summed E-state index contributed by atoms with van der Waals surface area (Å²) >= 11 is 0.962. The van der Waals surface area contributed by atoms with Crippen LogP contribution in [-0.4, -0.2) is 32.8 Å². The Labute approximate surface area is 154 Å². The average Bonchev–Trinajstić information content (AvgIpc) is 3.11. The number of para-hydroxylation sites is 2. The Balaban J connectivity index is 1.99. The van der Waals surface area contributed by atoms with Crippen molar-refractivity contribution in [2.75, 3.05) is 6.61 Å². The van der Waals surface area contributed by atoms with Crippen LogP contribution in [0.15, 0.2) is 65.8 Å². The van der Waals surface area contributed by atoms with E-state index in [1.807, 2.05) is 66.7 Å². The first-order valence-corrected chi connectivity index (χ1v) is 8.84. The van der Waals surface area contributed by atoms with E-state index in [1.165, 1.54) is 0 Å². The largest absolute Gasteiger partial charge is 0.464 e. The lowest BCUT2D eigenvalue weighted by atomic mass is 10.3. The molecule has 1 unspecified atom stereocenters. The van der Waals surface area contributed by atoms with Crippen molar-refractivity contribution in [3.05, 3.63) is 60.7 Å². The number of benzene rings is 2. The quantitative estimate of drug-likeness (QED) is 0.377. The third-order valence-corrected chi connectivity index (χ3v) is 4.26. The van der Waals surface area contributed by atoms with Crippen LogP contribution in [0, 0.1) is 11.3 Å². The zero-order chi connectivity index (χ0) is 18.4. The van der Waals surface area contributed by atoms with E-state index in [2.05, 4.69) is 10.2 Å². The van der Waals surface area contributed by atoms with Crippen molar-refractivity contribution >= 4 is 17.7 Å². The lowest BCUT2D eigenvalue weighted by Crippen LogP contribution is -2.43. The second kappa shape index (κ2) is 8.27. The Morgan fingerprint density at radius 1 is 1.23 bits per heavy atom. The smallest absolute Gasteiger partial charge is 0.368 e. The standard InChI is InChI=1S/C18H16N5O2S/c1-2-25-17(24)16(13-19)26-18-20-22(14-9-5-3-6-10-14)23(21-18)15-11-7-4-8-12-15/h3-12,16H,2H2,1H3/q+1. The van der Waals surface area contributed by atoms with E-state index < -0.39 is 11.2 Å². The number of carbonyl (C=O) groups excluding carboxylic acids is 1. The normalized spacial score (nSPS) is 11.5. The summed E-state index contributed by atoms with van der Waals surface area (Å²) in [5, 5.41) is 17.5. The van der Waals surface area contributed by atoms with Gasteiger partial charge in [0.2, 0.25) is 0 Å². The van der Waals surface area contributed by atoms with Crippen molar-refractivity contribution in [3.8, 4) is 17.4 Å². The third-order valence-electron chi connectivity index (χ3n) is 3.36. The van der Waals surface area contributed by atoms with Crippen molar-refractivity contribution < 1.29 is 14.3 Å². The van der Waals surface area contributed by atoms with Gasteiger partial charge in [0.25, 0.3) is 0 Å². The molecule has 0 amide bonds. The van der Waals surface area contributed by atoms with Gasteiger partial charge in [-0.3, -0.25) is 0 Å². The Morgan fingerprint density at radius 3 is 2.50 bits per heavy atom. The molecule has 26 heavy (non-hydrogen) atoms. The molecule has 7 nitrogen and oxygen atoms in total. The van der Waals surface area contributed by atoms with Crippen LogP contribution < -0.4 is 4.80 Å². The van der Waals surface area contributed by atoms with Crippen molar-refractivity contribution in [2.24, 2.45) is 0 Å². The highest BCUT2D eigenvalue weighted by Crippen LogP contribution is 2.20. The van der Waals surface area contributed by atoms with E-state index in [-0.39, 0.29) is 6.61 Å². The summed E-state index contributed by atoms with van der Waals surface area (Å²) in [5.41, 5.74) is 1.61. The Morgan fingerprint density at radius 2 is 1.88 bits per heavy atom. The molecular weight excluding hydrogens is 350 g/mol. The number of hydrogen-bond donors (Lipinski definition) is 0. The number of hydrogen-bond acceptors (Lipinski definition) is 6. The molecule has 0 saturated heterocycles. The summed E-state index contributed by atoms with van der Waals surface area (Å²) in [6.07, 6.45) is 0. The lowest BCUT2D eigenvalue weighted by Gasteiger charge is -2.02. The summed E-state index contributed by atoms with van der Waals surface area (Å²) in [7, 11) is 0. The van der Waals surface area contributed by atoms with Crippen LogP contribution in [0.25, 0.3) is 11.4 Å². The predicted molar refractivity (Wildman–Crippen MR) is 94.8 cm³/mol. The highest BCUT2D eigenvalue weighted by molar-refractivity contribution is 8.00. The molecule has 130 valence electrons. The van der Waals surface area contributed by atoms with Crippen molar-refractivity contribution in [3.63, 3.8) is 0 Å². The van der Waals surface area contributed by atoms with Gasteiger partial charge in [0.1, 0.15) is 5.69 Å². The van der Waals surface area contributed by atoms with E-state index in [1.54, 1.807) is 16.5 Å². The molecule has 1 heterocycles. The SMILES string of the molecule is CCOC(=O)C(C#N)Sc1nn(-c2ccccc2)[n+](-c2ccccc2)n1. The maximum Gasteiger partial charge on any atom is 0.368 e. The molecule has 0 N–H and O–H groups in total. The number of carbonyl (C=O) groups is 1. The molecule has 0 saturated carbocycles. The average molecular weight is 366 g/mol. The fraction of sp³-hybridized carbons (Fsp3) is 0.167. The van der Waals surface area contributed by atoms with Crippen molar-refractivity contribution in [2.45, 2.75) is 17.3 Å². The van der Waals surface area contributed by atoms with E-state index in [0.717, 1.165) is 23.1 Å². The number of nitriles is 1. The molecular formula is C18H16N5O2S+. The molecule has 0 bridgehead atoms. The van der Waals surface area contributed by atoms with Crippen LogP contribution in [-0.2, 0) is 9.53 Å². The molecule has 0 spiro atoms. The van der Waals surface area contributed by atoms with Crippen LogP contribution >= 0.6 is 11.8 Å². The number of nitrogens with zero attached hydrogens (tertiary/aromatic N) is 5. The molecule has 3 rings (SSSR count). The fourth-order valence-electron chi connectivity index (χ4n) is 2.22. The lowest BCUT2D eigenvalue weighted by molar-refractivity contribution is -0.736. The molecule has 1 atom stereocenters. The van der Waals surface area contributed by atoms with E-state index >= 15 is 0 Å². The number of ether oxygens (including phenoxy) is 1. The summed E-state index contributed by atoms with van der Waals surface area (Å²) in [4.78, 5) is 15.1. The van der Waals surface area contributed by atoms with Gasteiger partial charge in [0.15, 0.2) is 10.9 Å². The number of esters is 1. The van der Waals surface area contributed by atoms with Gasteiger partial charge in [-0.05, 0) is 47.7 Å². The van der Waals surface area contributed by atoms with E-state index in [0.29, 0.717) is 5.16 Å². The fourth-order valence-corrected chi connectivity index (χ4v) is 2.90. The summed E-state index contributed by atoms with van der Waals surface area (Å²) in [6, 6.07) is 20.9. The monoisotopic (exact) mass is 366 g/mol. The predicted octanol–water partition coefficient (Wildman–Crippen LogP) is 2.09. The van der Waals surface area contributed by atoms with Crippen LogP contribution in [0.3, 0.4) is 0 Å². The second-order valence-corrected chi connectivity index (χ2v) is 6.18. The van der Waals surface area contributed by atoms with Gasteiger partial charge in [0, 0.05) is 9.90 Å². The summed E-state index contributed by atoms with van der Waals surface area (Å²) in [5.74, 6) is -0.595. The molecule has 3 aromatic rings. The maximum absolute atomic E-state index is 11.9. The summed E-state index contributed by atoms with van der Waals surface area (Å²) < 4.78 is 4.92. The number of tetrazole rings is 1. The first-order chi connectivity index (χ1) is 12.7. The van der Waals surface area contributed by atoms with Gasteiger partial charge >= 0.3 is 11.1 Å². The molecule has 0 aliphatic rings. The van der Waals surface area contributed by atoms with Crippen LogP contribution in [0.1, 0.15) is 6.92 Å². The second-order valence-electron chi connectivity index (χ2n) is 5.11. The van der Waals surface area contributed by atoms with Gasteiger partial charge in [-0.1, -0.05) is 36.4 Å². The molecule has 0 radical (unpaired) electrons. The third kappa shape index (κ3) is 3.90. The first kappa shape index (κ1) is 17.6. The highest BCUT2D eigenvalue weighted by atomic mass is 32.2. The molecule has 1 aromatic heterocycles. The molecule has 0 aliphatic carbocycles. The minimum Gasteiger partial charge on any atom is -0.464 e. The minimum absolute atomic E-state index is 0.216. The Bertz CT molecular complexity index is 865. The van der Waals surface area contributed by atoms with Crippen LogP contribution in [0.2, 0.25) is 0 Å². The first-order valence-electron chi connectivity index (χ1n) is 7.96. The number of aromatic nitrogens is 4. The van der Waals surface area contributed by atoms with E-state index in [9.17, 15) is 10.1 Å². The topological polar surface area (TPSA) is 84.7 Å².